The van der Waals surface area contributed by atoms with Crippen molar-refractivity contribution in [3.8, 4) is 0 Å². The molecule has 0 heterocycles. The Morgan fingerprint density at radius 3 is 2.62 bits per heavy atom. The number of aliphatic hydroxyl groups excluding tert-OH is 1. The number of aliphatic hydroxyl groups is 1. The zero-order chi connectivity index (χ0) is 10.3. The molecule has 0 radical (unpaired) electrons. The highest BCUT2D eigenvalue weighted by Gasteiger charge is 2.15. The SMILES string of the molecule is CCC(C)OCCCC(C)(N)CO. The lowest BCUT2D eigenvalue weighted by atomic mass is 9.99. The van der Waals surface area contributed by atoms with E-state index in [1.165, 1.54) is 0 Å². The number of hydrogen-bond acceptors (Lipinski definition) is 3. The van der Waals surface area contributed by atoms with Crippen molar-refractivity contribution in [1.29, 1.82) is 0 Å². The van der Waals surface area contributed by atoms with Crippen molar-refractivity contribution in [3.63, 3.8) is 0 Å². The molecule has 0 aliphatic rings. The molecule has 0 rings (SSSR count). The van der Waals surface area contributed by atoms with Crippen LogP contribution in [-0.4, -0.2) is 30.0 Å². The first-order valence-electron chi connectivity index (χ1n) is 5.03. The van der Waals surface area contributed by atoms with E-state index in [1.807, 2.05) is 6.92 Å². The van der Waals surface area contributed by atoms with Gasteiger partial charge in [0.25, 0.3) is 0 Å². The highest BCUT2D eigenvalue weighted by atomic mass is 16.5. The maximum absolute atomic E-state index is 8.88. The molecule has 0 bridgehead atoms. The molecule has 0 fully saturated rings. The summed E-state index contributed by atoms with van der Waals surface area (Å²) in [6.45, 7) is 6.80. The quantitative estimate of drug-likeness (QED) is 0.593. The molecule has 0 aliphatic carbocycles. The average molecular weight is 189 g/mol. The Kier molecular flexibility index (Phi) is 6.29. The van der Waals surface area contributed by atoms with Gasteiger partial charge in [-0.2, -0.15) is 0 Å². The summed E-state index contributed by atoms with van der Waals surface area (Å²) in [5.74, 6) is 0. The fourth-order valence-corrected chi connectivity index (χ4v) is 0.957. The van der Waals surface area contributed by atoms with Gasteiger partial charge in [-0.15, -0.1) is 0 Å². The van der Waals surface area contributed by atoms with Gasteiger partial charge in [0.05, 0.1) is 12.7 Å². The lowest BCUT2D eigenvalue weighted by Gasteiger charge is -2.21. The Balaban J connectivity index is 3.35. The van der Waals surface area contributed by atoms with Crippen LogP contribution in [-0.2, 0) is 4.74 Å². The third-order valence-corrected chi connectivity index (χ3v) is 2.23. The van der Waals surface area contributed by atoms with E-state index < -0.39 is 5.54 Å². The van der Waals surface area contributed by atoms with Gasteiger partial charge in [0, 0.05) is 12.1 Å². The molecule has 2 unspecified atom stereocenters. The van der Waals surface area contributed by atoms with Crippen molar-refractivity contribution in [2.75, 3.05) is 13.2 Å². The second-order valence-electron chi connectivity index (χ2n) is 4.01. The van der Waals surface area contributed by atoms with Crippen LogP contribution in [0.5, 0.6) is 0 Å². The minimum Gasteiger partial charge on any atom is -0.394 e. The van der Waals surface area contributed by atoms with Crippen LogP contribution in [0.3, 0.4) is 0 Å². The van der Waals surface area contributed by atoms with Crippen molar-refractivity contribution < 1.29 is 9.84 Å². The summed E-state index contributed by atoms with van der Waals surface area (Å²) in [5, 5.41) is 8.88. The van der Waals surface area contributed by atoms with E-state index in [-0.39, 0.29) is 6.61 Å². The van der Waals surface area contributed by atoms with Gasteiger partial charge in [0.1, 0.15) is 0 Å². The molecular formula is C10H23NO2. The molecule has 13 heavy (non-hydrogen) atoms. The third kappa shape index (κ3) is 6.99. The summed E-state index contributed by atoms with van der Waals surface area (Å²) in [5.41, 5.74) is 5.31. The number of hydrogen-bond donors (Lipinski definition) is 2. The van der Waals surface area contributed by atoms with Gasteiger partial charge in [-0.3, -0.25) is 0 Å². The van der Waals surface area contributed by atoms with Crippen molar-refractivity contribution >= 4 is 0 Å². The summed E-state index contributed by atoms with van der Waals surface area (Å²) in [6, 6.07) is 0. The van der Waals surface area contributed by atoms with Crippen molar-refractivity contribution in [1.82, 2.24) is 0 Å². The smallest absolute Gasteiger partial charge is 0.0608 e. The third-order valence-electron chi connectivity index (χ3n) is 2.23. The molecule has 80 valence electrons. The van der Waals surface area contributed by atoms with Crippen LogP contribution in [0.25, 0.3) is 0 Å². The predicted molar refractivity (Wildman–Crippen MR) is 54.6 cm³/mol. The molecule has 0 aliphatic heterocycles. The normalized spacial score (nSPS) is 18.2. The molecule has 0 saturated carbocycles. The molecule has 3 nitrogen and oxygen atoms in total. The Labute approximate surface area is 81.3 Å². The minimum atomic E-state index is -0.446. The fraction of sp³-hybridized carbons (Fsp3) is 1.00. The Hall–Kier alpha value is -0.120. The number of ether oxygens (including phenoxy) is 1. The van der Waals surface area contributed by atoms with Crippen LogP contribution in [0.2, 0.25) is 0 Å². The Bertz CT molecular complexity index is 126. The largest absolute Gasteiger partial charge is 0.394 e. The van der Waals surface area contributed by atoms with E-state index in [4.69, 9.17) is 15.6 Å². The van der Waals surface area contributed by atoms with Crippen LogP contribution in [0.15, 0.2) is 0 Å². The lowest BCUT2D eigenvalue weighted by molar-refractivity contribution is 0.0561. The van der Waals surface area contributed by atoms with Crippen LogP contribution < -0.4 is 5.73 Å². The zero-order valence-electron chi connectivity index (χ0n) is 9.05. The van der Waals surface area contributed by atoms with E-state index in [2.05, 4.69) is 13.8 Å². The van der Waals surface area contributed by atoms with Gasteiger partial charge in [-0.05, 0) is 33.1 Å². The maximum Gasteiger partial charge on any atom is 0.0608 e. The van der Waals surface area contributed by atoms with Crippen LogP contribution >= 0.6 is 0 Å². The van der Waals surface area contributed by atoms with Crippen molar-refractivity contribution in [3.05, 3.63) is 0 Å². The highest BCUT2D eigenvalue weighted by molar-refractivity contribution is 4.76. The van der Waals surface area contributed by atoms with Gasteiger partial charge in [-0.1, -0.05) is 6.92 Å². The first-order valence-corrected chi connectivity index (χ1v) is 5.03. The first kappa shape index (κ1) is 12.9. The average Bonchev–Trinajstić information content (AvgIpc) is 2.12. The molecule has 2 atom stereocenters. The topological polar surface area (TPSA) is 55.5 Å². The molecular weight excluding hydrogens is 166 g/mol. The molecule has 3 N–H and O–H groups in total. The second kappa shape index (κ2) is 6.35. The van der Waals surface area contributed by atoms with Gasteiger partial charge < -0.3 is 15.6 Å². The lowest BCUT2D eigenvalue weighted by Crippen LogP contribution is -2.40. The van der Waals surface area contributed by atoms with Gasteiger partial charge in [0.2, 0.25) is 0 Å². The first-order chi connectivity index (χ1) is 6.02. The van der Waals surface area contributed by atoms with E-state index in [0.29, 0.717) is 6.10 Å². The minimum absolute atomic E-state index is 0.0380. The Morgan fingerprint density at radius 1 is 1.54 bits per heavy atom. The van der Waals surface area contributed by atoms with E-state index in [0.717, 1.165) is 25.9 Å². The standard InChI is InChI=1S/C10H23NO2/c1-4-9(2)13-7-5-6-10(3,11)8-12/h9,12H,4-8,11H2,1-3H3. The molecule has 0 amide bonds. The second-order valence-corrected chi connectivity index (χ2v) is 4.01. The summed E-state index contributed by atoms with van der Waals surface area (Å²) >= 11 is 0. The molecule has 0 saturated heterocycles. The molecule has 3 heteroatoms. The summed E-state index contributed by atoms with van der Waals surface area (Å²) in [4.78, 5) is 0. The molecule has 0 aromatic rings. The molecule has 0 aromatic carbocycles. The zero-order valence-corrected chi connectivity index (χ0v) is 9.05. The fourth-order valence-electron chi connectivity index (χ4n) is 0.957. The monoisotopic (exact) mass is 189 g/mol. The van der Waals surface area contributed by atoms with E-state index in [1.54, 1.807) is 0 Å². The molecule has 0 spiro atoms. The summed E-state index contributed by atoms with van der Waals surface area (Å²) in [7, 11) is 0. The summed E-state index contributed by atoms with van der Waals surface area (Å²) < 4.78 is 5.49. The van der Waals surface area contributed by atoms with Crippen LogP contribution in [0.4, 0.5) is 0 Å². The van der Waals surface area contributed by atoms with Crippen LogP contribution in [0.1, 0.15) is 40.0 Å². The van der Waals surface area contributed by atoms with Crippen molar-refractivity contribution in [2.24, 2.45) is 5.73 Å². The number of nitrogens with two attached hydrogens (primary N) is 1. The van der Waals surface area contributed by atoms with Gasteiger partial charge >= 0.3 is 0 Å². The predicted octanol–water partition coefficient (Wildman–Crippen LogP) is 1.29. The summed E-state index contributed by atoms with van der Waals surface area (Å²) in [6.07, 6.45) is 3.09. The number of rotatable bonds is 7. The van der Waals surface area contributed by atoms with Crippen molar-refractivity contribution in [2.45, 2.75) is 51.7 Å². The van der Waals surface area contributed by atoms with E-state index >= 15 is 0 Å². The van der Waals surface area contributed by atoms with Gasteiger partial charge in [0.15, 0.2) is 0 Å². The Morgan fingerprint density at radius 2 is 2.15 bits per heavy atom. The van der Waals surface area contributed by atoms with E-state index in [9.17, 15) is 0 Å². The highest BCUT2D eigenvalue weighted by Crippen LogP contribution is 2.08. The van der Waals surface area contributed by atoms with Gasteiger partial charge in [-0.25, -0.2) is 0 Å². The molecule has 0 aromatic heterocycles. The van der Waals surface area contributed by atoms with Crippen LogP contribution in [0, 0.1) is 0 Å². The maximum atomic E-state index is 8.88.